The van der Waals surface area contributed by atoms with Crippen molar-refractivity contribution < 1.29 is 14.3 Å². The van der Waals surface area contributed by atoms with E-state index in [9.17, 15) is 9.90 Å². The number of anilines is 1. The molecule has 0 bridgehead atoms. The zero-order valence-corrected chi connectivity index (χ0v) is 15.1. The van der Waals surface area contributed by atoms with Crippen molar-refractivity contribution in [1.29, 1.82) is 0 Å². The maximum Gasteiger partial charge on any atom is 0.291 e. The average Bonchev–Trinajstić information content (AvgIpc) is 2.77. The maximum absolute atomic E-state index is 12.6. The number of nitrogens with one attached hydrogen (secondary N) is 1. The summed E-state index contributed by atoms with van der Waals surface area (Å²) in [5, 5.41) is 13.9. The summed E-state index contributed by atoms with van der Waals surface area (Å²) in [7, 11) is 0. The normalized spacial score (nSPS) is 19.0. The summed E-state index contributed by atoms with van der Waals surface area (Å²) in [5.74, 6) is 0.678. The molecule has 1 heterocycles. The summed E-state index contributed by atoms with van der Waals surface area (Å²) in [6.45, 7) is 7.89. The van der Waals surface area contributed by atoms with Crippen LogP contribution in [0.25, 0.3) is 0 Å². The lowest BCUT2D eigenvalue weighted by Crippen LogP contribution is -2.24. The van der Waals surface area contributed by atoms with Gasteiger partial charge in [0.2, 0.25) is 0 Å². The van der Waals surface area contributed by atoms with E-state index in [4.69, 9.17) is 16.0 Å². The molecular weight excluding hydrogens is 326 g/mol. The van der Waals surface area contributed by atoms with E-state index in [1.54, 1.807) is 18.2 Å². The summed E-state index contributed by atoms with van der Waals surface area (Å²) in [4.78, 5) is 12.6. The number of benzene rings is 1. The number of fused-ring (bicyclic) bond motifs is 1. The van der Waals surface area contributed by atoms with Crippen molar-refractivity contribution >= 4 is 23.2 Å². The topological polar surface area (TPSA) is 62.5 Å². The molecule has 0 saturated heterocycles. The monoisotopic (exact) mass is 347 g/mol. The van der Waals surface area contributed by atoms with Crippen LogP contribution in [0.3, 0.4) is 0 Å². The molecule has 1 aliphatic carbocycles. The number of halogens is 1. The van der Waals surface area contributed by atoms with Crippen LogP contribution >= 0.6 is 11.6 Å². The molecule has 2 N–H and O–H groups in total. The number of furan rings is 1. The minimum Gasteiger partial charge on any atom is -0.455 e. The number of aliphatic hydroxyl groups is 1. The Morgan fingerprint density at radius 1 is 1.38 bits per heavy atom. The van der Waals surface area contributed by atoms with Crippen LogP contribution in [0.5, 0.6) is 0 Å². The number of carbonyl (C=O) groups is 1. The van der Waals surface area contributed by atoms with E-state index in [2.05, 4.69) is 19.2 Å². The van der Waals surface area contributed by atoms with Crippen molar-refractivity contribution in [2.45, 2.75) is 46.6 Å². The third kappa shape index (κ3) is 3.08. The first-order valence-corrected chi connectivity index (χ1v) is 8.43. The molecule has 1 aromatic carbocycles. The maximum atomic E-state index is 12.6. The van der Waals surface area contributed by atoms with Crippen LogP contribution in [-0.2, 0) is 6.42 Å². The number of carbonyl (C=O) groups excluding carboxylic acids is 1. The smallest absolute Gasteiger partial charge is 0.291 e. The van der Waals surface area contributed by atoms with E-state index in [-0.39, 0.29) is 17.1 Å². The van der Waals surface area contributed by atoms with Gasteiger partial charge in [-0.1, -0.05) is 25.4 Å². The summed E-state index contributed by atoms with van der Waals surface area (Å²) in [6, 6.07) is 5.30. The number of amides is 1. The summed E-state index contributed by atoms with van der Waals surface area (Å²) < 4.78 is 5.84. The highest BCUT2D eigenvalue weighted by atomic mass is 35.5. The largest absolute Gasteiger partial charge is 0.455 e. The van der Waals surface area contributed by atoms with Crippen LogP contribution in [0.15, 0.2) is 22.6 Å². The Morgan fingerprint density at radius 3 is 2.75 bits per heavy atom. The van der Waals surface area contributed by atoms with Gasteiger partial charge in [-0.2, -0.15) is 0 Å². The van der Waals surface area contributed by atoms with Crippen molar-refractivity contribution in [3.63, 3.8) is 0 Å². The third-order valence-electron chi connectivity index (χ3n) is 4.63. The molecule has 4 nitrogen and oxygen atoms in total. The lowest BCUT2D eigenvalue weighted by molar-refractivity contribution is 0.0910. The fourth-order valence-electron chi connectivity index (χ4n) is 3.45. The Morgan fingerprint density at radius 2 is 2.08 bits per heavy atom. The van der Waals surface area contributed by atoms with Gasteiger partial charge in [0.25, 0.3) is 5.91 Å². The van der Waals surface area contributed by atoms with Gasteiger partial charge >= 0.3 is 0 Å². The van der Waals surface area contributed by atoms with Crippen molar-refractivity contribution in [3.05, 3.63) is 51.4 Å². The lowest BCUT2D eigenvalue weighted by atomic mass is 9.75. The lowest BCUT2D eigenvalue weighted by Gasteiger charge is -2.31. The Balaban J connectivity index is 1.92. The zero-order chi connectivity index (χ0) is 17.6. The molecular formula is C19H22ClNO3. The van der Waals surface area contributed by atoms with Gasteiger partial charge in [0, 0.05) is 28.3 Å². The molecule has 128 valence electrons. The first kappa shape index (κ1) is 17.1. The highest BCUT2D eigenvalue weighted by Gasteiger charge is 2.37. The Kier molecular flexibility index (Phi) is 4.22. The van der Waals surface area contributed by atoms with Gasteiger partial charge in [-0.15, -0.1) is 0 Å². The van der Waals surface area contributed by atoms with E-state index in [1.165, 1.54) is 0 Å². The molecule has 1 aromatic heterocycles. The Hall–Kier alpha value is -1.78. The van der Waals surface area contributed by atoms with Crippen molar-refractivity contribution in [2.24, 2.45) is 5.41 Å². The predicted molar refractivity (Wildman–Crippen MR) is 94.6 cm³/mol. The van der Waals surface area contributed by atoms with Crippen molar-refractivity contribution in [2.75, 3.05) is 5.32 Å². The van der Waals surface area contributed by atoms with Gasteiger partial charge in [-0.05, 0) is 49.4 Å². The first-order valence-electron chi connectivity index (χ1n) is 8.06. The standard InChI is InChI=1S/C19H22ClNO3/c1-10-7-12(20)5-6-13(10)21-18(23)17-11(2)16-14(22)8-19(3,4)9-15(16)24-17/h5-7,14,22H,8-9H2,1-4H3,(H,21,23). The van der Waals surface area contributed by atoms with Crippen LogP contribution < -0.4 is 5.32 Å². The molecule has 1 amide bonds. The van der Waals surface area contributed by atoms with E-state index in [0.29, 0.717) is 29.3 Å². The number of rotatable bonds is 2. The van der Waals surface area contributed by atoms with Crippen molar-refractivity contribution in [3.8, 4) is 0 Å². The van der Waals surface area contributed by atoms with Gasteiger partial charge in [-0.25, -0.2) is 0 Å². The zero-order valence-electron chi connectivity index (χ0n) is 14.4. The van der Waals surface area contributed by atoms with Crippen LogP contribution in [0.4, 0.5) is 5.69 Å². The molecule has 0 spiro atoms. The van der Waals surface area contributed by atoms with Crippen LogP contribution in [0, 0.1) is 19.3 Å². The van der Waals surface area contributed by atoms with Gasteiger partial charge in [-0.3, -0.25) is 4.79 Å². The van der Waals surface area contributed by atoms with Gasteiger partial charge in [0.05, 0.1) is 6.10 Å². The summed E-state index contributed by atoms with van der Waals surface area (Å²) >= 11 is 5.95. The number of aliphatic hydroxyl groups excluding tert-OH is 1. The minimum atomic E-state index is -0.591. The molecule has 0 radical (unpaired) electrons. The fraction of sp³-hybridized carbons (Fsp3) is 0.421. The number of hydrogen-bond donors (Lipinski definition) is 2. The highest BCUT2D eigenvalue weighted by molar-refractivity contribution is 6.30. The van der Waals surface area contributed by atoms with Gasteiger partial charge in [0.1, 0.15) is 5.76 Å². The second-order valence-electron chi connectivity index (χ2n) is 7.37. The molecule has 0 fully saturated rings. The molecule has 1 unspecified atom stereocenters. The predicted octanol–water partition coefficient (Wildman–Crippen LogP) is 4.81. The van der Waals surface area contributed by atoms with E-state index in [0.717, 1.165) is 16.7 Å². The highest BCUT2D eigenvalue weighted by Crippen LogP contribution is 2.44. The molecule has 24 heavy (non-hydrogen) atoms. The van der Waals surface area contributed by atoms with Gasteiger partial charge in [0.15, 0.2) is 5.76 Å². The average molecular weight is 348 g/mol. The van der Waals surface area contributed by atoms with E-state index in [1.807, 2.05) is 13.8 Å². The third-order valence-corrected chi connectivity index (χ3v) is 4.87. The van der Waals surface area contributed by atoms with Crippen molar-refractivity contribution in [1.82, 2.24) is 0 Å². The second-order valence-corrected chi connectivity index (χ2v) is 7.80. The molecule has 3 rings (SSSR count). The number of aryl methyl sites for hydroxylation is 1. The van der Waals surface area contributed by atoms with E-state index >= 15 is 0 Å². The van der Waals surface area contributed by atoms with Crippen LogP contribution in [-0.4, -0.2) is 11.0 Å². The SMILES string of the molecule is Cc1cc(Cl)ccc1NC(=O)c1oc2c(c1C)C(O)CC(C)(C)C2. The molecule has 1 atom stereocenters. The van der Waals surface area contributed by atoms with E-state index < -0.39 is 6.10 Å². The summed E-state index contributed by atoms with van der Waals surface area (Å²) in [5.41, 5.74) is 3.02. The summed E-state index contributed by atoms with van der Waals surface area (Å²) in [6.07, 6.45) is 0.789. The minimum absolute atomic E-state index is 0.0444. The molecule has 1 aliphatic rings. The molecule has 5 heteroatoms. The number of hydrogen-bond acceptors (Lipinski definition) is 3. The quantitative estimate of drug-likeness (QED) is 0.819. The van der Waals surface area contributed by atoms with Gasteiger partial charge < -0.3 is 14.8 Å². The molecule has 2 aromatic rings. The fourth-order valence-corrected chi connectivity index (χ4v) is 3.68. The Labute approximate surface area is 146 Å². The second kappa shape index (κ2) is 5.94. The molecule has 0 aliphatic heterocycles. The molecule has 0 saturated carbocycles. The van der Waals surface area contributed by atoms with Crippen LogP contribution in [0.1, 0.15) is 59.4 Å². The Bertz CT molecular complexity index is 807. The van der Waals surface area contributed by atoms with Crippen LogP contribution in [0.2, 0.25) is 5.02 Å². The first-order chi connectivity index (χ1) is 11.2.